The standard InChI is InChI=1S/C12H6F4N2O3/c1-4-2-7(19)10(12(20)21)17-18(4)11-8(15)5(13)3-6(14)9(11)16/h2-3H,1H3,(H,20,21). The molecule has 0 radical (unpaired) electrons. The molecule has 1 aromatic carbocycles. The van der Waals surface area contributed by atoms with Crippen molar-refractivity contribution in [1.29, 1.82) is 0 Å². The lowest BCUT2D eigenvalue weighted by atomic mass is 10.2. The molecule has 110 valence electrons. The van der Waals surface area contributed by atoms with Gasteiger partial charge in [0.1, 0.15) is 5.69 Å². The Morgan fingerprint density at radius 1 is 1.14 bits per heavy atom. The van der Waals surface area contributed by atoms with Gasteiger partial charge in [0, 0.05) is 17.8 Å². The number of hydrogen-bond acceptors (Lipinski definition) is 3. The molecule has 0 saturated heterocycles. The van der Waals surface area contributed by atoms with Crippen LogP contribution in [0.1, 0.15) is 16.2 Å². The Kier molecular flexibility index (Phi) is 3.50. The summed E-state index contributed by atoms with van der Waals surface area (Å²) in [5.41, 5.74) is -3.49. The molecule has 2 aromatic rings. The van der Waals surface area contributed by atoms with Crippen LogP contribution in [0.15, 0.2) is 16.9 Å². The van der Waals surface area contributed by atoms with Crippen molar-refractivity contribution in [2.75, 3.05) is 0 Å². The highest BCUT2D eigenvalue weighted by atomic mass is 19.2. The van der Waals surface area contributed by atoms with Crippen molar-refractivity contribution in [1.82, 2.24) is 9.78 Å². The Bertz CT molecular complexity index is 791. The highest BCUT2D eigenvalue weighted by Crippen LogP contribution is 2.23. The van der Waals surface area contributed by atoms with Crippen LogP contribution in [0.25, 0.3) is 5.69 Å². The highest BCUT2D eigenvalue weighted by Gasteiger charge is 2.23. The van der Waals surface area contributed by atoms with Crippen LogP contribution in [-0.4, -0.2) is 20.9 Å². The van der Waals surface area contributed by atoms with E-state index in [4.69, 9.17) is 5.11 Å². The van der Waals surface area contributed by atoms with Crippen LogP contribution in [-0.2, 0) is 0 Å². The summed E-state index contributed by atoms with van der Waals surface area (Å²) >= 11 is 0. The molecular formula is C12H6F4N2O3. The zero-order valence-corrected chi connectivity index (χ0v) is 10.3. The molecule has 0 amide bonds. The Hall–Kier alpha value is -2.71. The molecular weight excluding hydrogens is 296 g/mol. The molecule has 0 unspecified atom stereocenters. The Balaban J connectivity index is 2.88. The fraction of sp³-hybridized carbons (Fsp3) is 0.0833. The summed E-state index contributed by atoms with van der Waals surface area (Å²) in [5.74, 6) is -8.62. The molecule has 0 atom stereocenters. The van der Waals surface area contributed by atoms with Crippen LogP contribution >= 0.6 is 0 Å². The van der Waals surface area contributed by atoms with Crippen LogP contribution in [0, 0.1) is 30.2 Å². The minimum absolute atomic E-state index is 0.00410. The van der Waals surface area contributed by atoms with Crippen LogP contribution in [0.4, 0.5) is 17.6 Å². The van der Waals surface area contributed by atoms with E-state index in [1.54, 1.807) is 0 Å². The Morgan fingerprint density at radius 3 is 2.14 bits per heavy atom. The average Bonchev–Trinajstić information content (AvgIpc) is 2.38. The normalized spacial score (nSPS) is 10.7. The van der Waals surface area contributed by atoms with Crippen molar-refractivity contribution in [3.63, 3.8) is 0 Å². The molecule has 0 bridgehead atoms. The maximum absolute atomic E-state index is 13.7. The number of rotatable bonds is 2. The third-order valence-electron chi connectivity index (χ3n) is 2.61. The van der Waals surface area contributed by atoms with Gasteiger partial charge in [-0.2, -0.15) is 5.10 Å². The number of carbonyl (C=O) groups is 1. The average molecular weight is 302 g/mol. The fourth-order valence-electron chi connectivity index (χ4n) is 1.67. The van der Waals surface area contributed by atoms with Crippen molar-refractivity contribution in [3.05, 3.63) is 57.0 Å². The minimum atomic E-state index is -1.76. The second kappa shape index (κ2) is 5.00. The van der Waals surface area contributed by atoms with Crippen LogP contribution < -0.4 is 5.43 Å². The minimum Gasteiger partial charge on any atom is -0.476 e. The molecule has 0 fully saturated rings. The molecule has 0 aliphatic rings. The molecule has 0 aliphatic heterocycles. The number of nitrogens with zero attached hydrogens (tertiary/aromatic N) is 2. The zero-order chi connectivity index (χ0) is 15.9. The van der Waals surface area contributed by atoms with Crippen molar-refractivity contribution in [2.24, 2.45) is 0 Å². The summed E-state index contributed by atoms with van der Waals surface area (Å²) in [7, 11) is 0. The monoisotopic (exact) mass is 302 g/mol. The summed E-state index contributed by atoms with van der Waals surface area (Å²) in [6.07, 6.45) is 0. The van der Waals surface area contributed by atoms with Gasteiger partial charge in [-0.25, -0.2) is 27.0 Å². The Morgan fingerprint density at radius 2 is 1.67 bits per heavy atom. The van der Waals surface area contributed by atoms with Gasteiger partial charge in [0.15, 0.2) is 23.3 Å². The van der Waals surface area contributed by atoms with Crippen LogP contribution in [0.5, 0.6) is 0 Å². The van der Waals surface area contributed by atoms with Crippen molar-refractivity contribution < 1.29 is 27.5 Å². The summed E-state index contributed by atoms with van der Waals surface area (Å²) in [6.45, 7) is 1.17. The summed E-state index contributed by atoms with van der Waals surface area (Å²) in [6, 6.07) is 0.738. The Labute approximate surface area is 114 Å². The van der Waals surface area contributed by atoms with Gasteiger partial charge >= 0.3 is 5.97 Å². The van der Waals surface area contributed by atoms with Crippen LogP contribution in [0.3, 0.4) is 0 Å². The van der Waals surface area contributed by atoms with E-state index in [1.165, 1.54) is 6.92 Å². The first kappa shape index (κ1) is 14.7. The number of aromatic carboxylic acids is 1. The predicted octanol–water partition coefficient (Wildman–Crippen LogP) is 1.80. The maximum atomic E-state index is 13.7. The van der Waals surface area contributed by atoms with Crippen molar-refractivity contribution in [2.45, 2.75) is 6.92 Å². The van der Waals surface area contributed by atoms with Gasteiger partial charge in [0.05, 0.1) is 0 Å². The largest absolute Gasteiger partial charge is 0.476 e. The fourth-order valence-corrected chi connectivity index (χ4v) is 1.67. The topological polar surface area (TPSA) is 72.2 Å². The van der Waals surface area contributed by atoms with Gasteiger partial charge < -0.3 is 5.11 Å². The molecule has 5 nitrogen and oxygen atoms in total. The number of carboxylic acids is 1. The summed E-state index contributed by atoms with van der Waals surface area (Å²) in [4.78, 5) is 22.2. The number of aryl methyl sites for hydroxylation is 1. The third kappa shape index (κ3) is 2.37. The molecule has 0 aliphatic carbocycles. The number of carboxylic acid groups (broad SMARTS) is 1. The van der Waals surface area contributed by atoms with Crippen LogP contribution in [0.2, 0.25) is 0 Å². The van der Waals surface area contributed by atoms with E-state index in [2.05, 4.69) is 5.10 Å². The number of halogens is 4. The SMILES string of the molecule is Cc1cc(=O)c(C(=O)O)nn1-c1c(F)c(F)cc(F)c1F. The first-order valence-corrected chi connectivity index (χ1v) is 5.41. The van der Waals surface area contributed by atoms with Crippen molar-refractivity contribution >= 4 is 5.97 Å². The van der Waals surface area contributed by atoms with Gasteiger partial charge in [-0.1, -0.05) is 0 Å². The molecule has 9 heteroatoms. The van der Waals surface area contributed by atoms with E-state index in [0.29, 0.717) is 4.68 Å². The maximum Gasteiger partial charge on any atom is 0.360 e. The van der Waals surface area contributed by atoms with E-state index >= 15 is 0 Å². The van der Waals surface area contributed by atoms with E-state index in [1.807, 2.05) is 0 Å². The van der Waals surface area contributed by atoms with Gasteiger partial charge in [-0.15, -0.1) is 0 Å². The second-order valence-electron chi connectivity index (χ2n) is 4.03. The van der Waals surface area contributed by atoms with E-state index in [0.717, 1.165) is 6.07 Å². The lowest BCUT2D eigenvalue weighted by Crippen LogP contribution is -2.24. The molecule has 1 aromatic heterocycles. The second-order valence-corrected chi connectivity index (χ2v) is 4.03. The first-order chi connectivity index (χ1) is 9.73. The van der Waals surface area contributed by atoms with Gasteiger partial charge in [0.25, 0.3) is 0 Å². The summed E-state index contributed by atoms with van der Waals surface area (Å²) in [5, 5.41) is 12.0. The predicted molar refractivity (Wildman–Crippen MR) is 61.4 cm³/mol. The molecule has 1 heterocycles. The van der Waals surface area contributed by atoms with E-state index < -0.39 is 46.0 Å². The molecule has 21 heavy (non-hydrogen) atoms. The first-order valence-electron chi connectivity index (χ1n) is 5.41. The highest BCUT2D eigenvalue weighted by molar-refractivity contribution is 5.84. The smallest absolute Gasteiger partial charge is 0.360 e. The molecule has 2 rings (SSSR count). The molecule has 0 saturated carbocycles. The van der Waals surface area contributed by atoms with Gasteiger partial charge in [-0.05, 0) is 6.92 Å². The summed E-state index contributed by atoms with van der Waals surface area (Å²) < 4.78 is 54.0. The van der Waals surface area contributed by atoms with Crippen molar-refractivity contribution in [3.8, 4) is 5.69 Å². The molecule has 0 spiro atoms. The quantitative estimate of drug-likeness (QED) is 0.678. The van der Waals surface area contributed by atoms with E-state index in [9.17, 15) is 27.2 Å². The number of hydrogen-bond donors (Lipinski definition) is 1. The lowest BCUT2D eigenvalue weighted by Gasteiger charge is -2.12. The molecule has 1 N–H and O–H groups in total. The number of benzene rings is 1. The zero-order valence-electron chi connectivity index (χ0n) is 10.3. The number of aromatic nitrogens is 2. The van der Waals surface area contributed by atoms with Gasteiger partial charge in [-0.3, -0.25) is 4.79 Å². The van der Waals surface area contributed by atoms with Gasteiger partial charge in [0.2, 0.25) is 11.1 Å². The van der Waals surface area contributed by atoms with E-state index in [-0.39, 0.29) is 11.8 Å². The third-order valence-corrected chi connectivity index (χ3v) is 2.61. The lowest BCUT2D eigenvalue weighted by molar-refractivity contribution is 0.0686.